The number of carbonyl (C=O) groups excluding carboxylic acids is 1. The van der Waals surface area contributed by atoms with Crippen LogP contribution in [0.1, 0.15) is 38.3 Å². The number of nitrogens with one attached hydrogen (secondary N) is 1. The summed E-state index contributed by atoms with van der Waals surface area (Å²) < 4.78 is 0. The molecule has 2 aromatic heterocycles. The summed E-state index contributed by atoms with van der Waals surface area (Å²) in [7, 11) is 0. The number of hydrogen-bond acceptors (Lipinski definition) is 5. The van der Waals surface area contributed by atoms with E-state index in [1.807, 2.05) is 0 Å². The van der Waals surface area contributed by atoms with Gasteiger partial charge in [-0.2, -0.15) is 0 Å². The smallest absolute Gasteiger partial charge is 0.355 e. The Morgan fingerprint density at radius 3 is 2.90 bits per heavy atom. The Hall–Kier alpha value is -1.73. The van der Waals surface area contributed by atoms with Gasteiger partial charge in [-0.15, -0.1) is 22.7 Å². The van der Waals surface area contributed by atoms with E-state index in [0.717, 1.165) is 6.42 Å². The zero-order valence-electron chi connectivity index (χ0n) is 11.3. The van der Waals surface area contributed by atoms with E-state index in [4.69, 9.17) is 5.11 Å². The molecule has 0 unspecified atom stereocenters. The van der Waals surface area contributed by atoms with Gasteiger partial charge in [0.2, 0.25) is 5.91 Å². The number of carboxylic acid groups (broad SMARTS) is 1. The maximum atomic E-state index is 12.1. The number of aromatic nitrogens is 1. The van der Waals surface area contributed by atoms with Gasteiger partial charge in [0, 0.05) is 22.1 Å². The van der Waals surface area contributed by atoms with Crippen LogP contribution in [-0.4, -0.2) is 22.0 Å². The number of aromatic carboxylic acids is 1. The molecule has 21 heavy (non-hydrogen) atoms. The lowest BCUT2D eigenvalue weighted by molar-refractivity contribution is -0.122. The first kappa shape index (κ1) is 14.2. The molecule has 3 rings (SSSR count). The molecule has 0 aliphatic heterocycles. The van der Waals surface area contributed by atoms with Gasteiger partial charge in [0.25, 0.3) is 0 Å². The van der Waals surface area contributed by atoms with Crippen molar-refractivity contribution < 1.29 is 14.7 Å². The van der Waals surface area contributed by atoms with E-state index in [0.29, 0.717) is 17.5 Å². The van der Waals surface area contributed by atoms with Gasteiger partial charge in [0.15, 0.2) is 5.69 Å². The molecule has 110 valence electrons. The number of nitrogens with zero attached hydrogens (tertiary/aromatic N) is 1. The Bertz CT molecular complexity index is 692. The average molecular weight is 322 g/mol. The minimum absolute atomic E-state index is 0.0277. The fourth-order valence-corrected chi connectivity index (χ4v) is 4.14. The van der Waals surface area contributed by atoms with Crippen molar-refractivity contribution in [3.63, 3.8) is 0 Å². The van der Waals surface area contributed by atoms with Crippen LogP contribution in [-0.2, 0) is 11.3 Å². The van der Waals surface area contributed by atoms with E-state index < -0.39 is 5.97 Å². The van der Waals surface area contributed by atoms with Crippen molar-refractivity contribution in [3.8, 4) is 0 Å². The normalized spacial score (nSPS) is 20.2. The Morgan fingerprint density at radius 1 is 1.48 bits per heavy atom. The lowest BCUT2D eigenvalue weighted by Crippen LogP contribution is -2.24. The first-order valence-corrected chi connectivity index (χ1v) is 8.31. The molecule has 2 atom stereocenters. The molecular formula is C14H14N2O3S2. The van der Waals surface area contributed by atoms with Crippen LogP contribution in [0.15, 0.2) is 16.8 Å². The van der Waals surface area contributed by atoms with E-state index in [2.05, 4.69) is 28.7 Å². The summed E-state index contributed by atoms with van der Waals surface area (Å²) in [6, 6.07) is 2.08. The van der Waals surface area contributed by atoms with Crippen LogP contribution in [0.2, 0.25) is 0 Å². The summed E-state index contributed by atoms with van der Waals surface area (Å²) in [6.45, 7) is 2.37. The number of hydrogen-bond donors (Lipinski definition) is 2. The summed E-state index contributed by atoms with van der Waals surface area (Å²) in [5.41, 5.74) is 1.29. The number of carboxylic acids is 1. The van der Waals surface area contributed by atoms with Crippen molar-refractivity contribution in [1.82, 2.24) is 10.3 Å². The first-order chi connectivity index (χ1) is 10.1. The molecule has 1 aliphatic carbocycles. The van der Waals surface area contributed by atoms with Crippen LogP contribution < -0.4 is 5.32 Å². The SMILES string of the molecule is Cc1ccsc1[C@H]1C[C@@H]1C(=O)NCc1nc(C(=O)O)cs1. The van der Waals surface area contributed by atoms with Gasteiger partial charge in [-0.05, 0) is 30.4 Å². The van der Waals surface area contributed by atoms with Crippen LogP contribution in [0.4, 0.5) is 0 Å². The van der Waals surface area contributed by atoms with Crippen LogP contribution >= 0.6 is 22.7 Å². The molecule has 1 aliphatic rings. The molecule has 7 heteroatoms. The van der Waals surface area contributed by atoms with Crippen molar-refractivity contribution >= 4 is 34.6 Å². The van der Waals surface area contributed by atoms with E-state index in [-0.39, 0.29) is 17.5 Å². The predicted molar refractivity (Wildman–Crippen MR) is 80.8 cm³/mol. The summed E-state index contributed by atoms with van der Waals surface area (Å²) in [4.78, 5) is 28.1. The summed E-state index contributed by atoms with van der Waals surface area (Å²) >= 11 is 2.96. The molecule has 2 heterocycles. The van der Waals surface area contributed by atoms with Gasteiger partial charge < -0.3 is 10.4 Å². The third kappa shape index (κ3) is 2.98. The second kappa shape index (κ2) is 5.57. The van der Waals surface area contributed by atoms with Crippen molar-refractivity contribution in [1.29, 1.82) is 0 Å². The monoisotopic (exact) mass is 322 g/mol. The van der Waals surface area contributed by atoms with Gasteiger partial charge >= 0.3 is 5.97 Å². The number of thiophene rings is 1. The molecule has 0 bridgehead atoms. The molecule has 1 saturated carbocycles. The summed E-state index contributed by atoms with van der Waals surface area (Å²) in [5.74, 6) is -0.628. The minimum Gasteiger partial charge on any atom is -0.476 e. The highest BCUT2D eigenvalue weighted by atomic mass is 32.1. The lowest BCUT2D eigenvalue weighted by atomic mass is 10.2. The van der Waals surface area contributed by atoms with E-state index in [9.17, 15) is 9.59 Å². The Balaban J connectivity index is 1.53. The molecule has 2 aromatic rings. The van der Waals surface area contributed by atoms with E-state index >= 15 is 0 Å². The number of amides is 1. The van der Waals surface area contributed by atoms with Gasteiger partial charge in [-0.25, -0.2) is 9.78 Å². The van der Waals surface area contributed by atoms with Gasteiger partial charge in [0.05, 0.1) is 6.54 Å². The summed E-state index contributed by atoms with van der Waals surface area (Å²) in [5, 5.41) is 15.8. The predicted octanol–water partition coefficient (Wildman–Crippen LogP) is 2.63. The summed E-state index contributed by atoms with van der Waals surface area (Å²) in [6.07, 6.45) is 0.894. The van der Waals surface area contributed by atoms with Crippen LogP contribution in [0.25, 0.3) is 0 Å². The van der Waals surface area contributed by atoms with Gasteiger partial charge in [-0.3, -0.25) is 4.79 Å². The third-order valence-electron chi connectivity index (χ3n) is 3.55. The molecule has 0 radical (unpaired) electrons. The van der Waals surface area contributed by atoms with Crippen LogP contribution in [0.3, 0.4) is 0 Å². The molecule has 1 fully saturated rings. The number of thiazole rings is 1. The van der Waals surface area contributed by atoms with Gasteiger partial charge in [0.1, 0.15) is 5.01 Å². The van der Waals surface area contributed by atoms with Crippen molar-refractivity contribution in [2.24, 2.45) is 5.92 Å². The molecule has 2 N–H and O–H groups in total. The lowest BCUT2D eigenvalue weighted by Gasteiger charge is -2.02. The standard InChI is InChI=1S/C14H14N2O3S2/c1-7-2-3-20-12(7)8-4-9(8)13(17)15-5-11-16-10(6-21-11)14(18)19/h2-3,6,8-9H,4-5H2,1H3,(H,15,17)(H,18,19)/t8-,9-/m0/s1. The quantitative estimate of drug-likeness (QED) is 0.887. The molecule has 0 spiro atoms. The zero-order chi connectivity index (χ0) is 15.0. The van der Waals surface area contributed by atoms with E-state index in [1.54, 1.807) is 11.3 Å². The second-order valence-electron chi connectivity index (χ2n) is 5.07. The first-order valence-electron chi connectivity index (χ1n) is 6.55. The van der Waals surface area contributed by atoms with Crippen LogP contribution in [0.5, 0.6) is 0 Å². The molecular weight excluding hydrogens is 308 g/mol. The zero-order valence-corrected chi connectivity index (χ0v) is 13.0. The third-order valence-corrected chi connectivity index (χ3v) is 5.55. The highest BCUT2D eigenvalue weighted by molar-refractivity contribution is 7.10. The minimum atomic E-state index is -1.04. The fraction of sp³-hybridized carbons (Fsp3) is 0.357. The highest BCUT2D eigenvalue weighted by Gasteiger charge is 2.45. The van der Waals surface area contributed by atoms with Crippen molar-refractivity contribution in [2.75, 3.05) is 0 Å². The second-order valence-corrected chi connectivity index (χ2v) is 6.96. The highest BCUT2D eigenvalue weighted by Crippen LogP contribution is 2.50. The van der Waals surface area contributed by atoms with Gasteiger partial charge in [-0.1, -0.05) is 0 Å². The van der Waals surface area contributed by atoms with Crippen molar-refractivity contribution in [2.45, 2.75) is 25.8 Å². The van der Waals surface area contributed by atoms with Crippen molar-refractivity contribution in [3.05, 3.63) is 38.0 Å². The molecule has 5 nitrogen and oxygen atoms in total. The Morgan fingerprint density at radius 2 is 2.29 bits per heavy atom. The Labute approximate surface area is 129 Å². The number of aryl methyl sites for hydroxylation is 1. The molecule has 0 saturated heterocycles. The molecule has 0 aromatic carbocycles. The van der Waals surface area contributed by atoms with E-state index in [1.165, 1.54) is 27.2 Å². The molecule has 1 amide bonds. The maximum Gasteiger partial charge on any atom is 0.355 e. The van der Waals surface area contributed by atoms with Crippen LogP contribution in [0, 0.1) is 12.8 Å². The maximum absolute atomic E-state index is 12.1. The number of rotatable bonds is 5. The topological polar surface area (TPSA) is 79.3 Å². The fourth-order valence-electron chi connectivity index (χ4n) is 2.32. The average Bonchev–Trinajstić information content (AvgIpc) is 2.89. The largest absolute Gasteiger partial charge is 0.476 e. The Kier molecular flexibility index (Phi) is 3.77. The number of carbonyl (C=O) groups is 2.